The molecule has 0 saturated carbocycles. The van der Waals surface area contributed by atoms with Crippen LogP contribution in [0.5, 0.6) is 11.5 Å². The molecule has 0 bridgehead atoms. The molecule has 3 aromatic rings. The van der Waals surface area contributed by atoms with E-state index < -0.39 is 22.0 Å². The Bertz CT molecular complexity index is 1300. The summed E-state index contributed by atoms with van der Waals surface area (Å²) in [6.45, 7) is 0. The van der Waals surface area contributed by atoms with Crippen LogP contribution in [0.15, 0.2) is 59.5 Å². The molecular weight excluding hydrogens is 506 g/mol. The number of anilines is 1. The van der Waals surface area contributed by atoms with E-state index in [0.717, 1.165) is 4.31 Å². The largest absolute Gasteiger partial charge is 0.493 e. The molecule has 0 heterocycles. The van der Waals surface area contributed by atoms with Crippen LogP contribution in [0, 0.1) is 5.82 Å². The van der Waals surface area contributed by atoms with E-state index in [9.17, 15) is 17.6 Å². The van der Waals surface area contributed by atoms with Gasteiger partial charge in [0.05, 0.1) is 24.8 Å². The molecule has 180 valence electrons. The van der Waals surface area contributed by atoms with E-state index in [1.807, 2.05) is 0 Å². The Labute approximate surface area is 206 Å². The number of aldehydes is 1. The highest BCUT2D eigenvalue weighted by molar-refractivity contribution is 7.93. The van der Waals surface area contributed by atoms with Crippen LogP contribution in [-0.2, 0) is 21.2 Å². The van der Waals surface area contributed by atoms with Crippen LogP contribution in [0.2, 0.25) is 10.0 Å². The number of nitrogens with zero attached hydrogens (tertiary/aromatic N) is 1. The lowest BCUT2D eigenvalue weighted by Crippen LogP contribution is -2.47. The lowest BCUT2D eigenvalue weighted by Gasteiger charge is -2.29. The van der Waals surface area contributed by atoms with Crippen molar-refractivity contribution < 1.29 is 27.1 Å². The summed E-state index contributed by atoms with van der Waals surface area (Å²) < 4.78 is 53.0. The number of nitrogens with two attached hydrogens (primary N) is 1. The van der Waals surface area contributed by atoms with Crippen molar-refractivity contribution in [3.05, 3.63) is 81.6 Å². The van der Waals surface area contributed by atoms with Gasteiger partial charge in [-0.25, -0.2) is 17.1 Å². The second-order valence-electron chi connectivity index (χ2n) is 7.09. The first-order chi connectivity index (χ1) is 16.1. The lowest BCUT2D eigenvalue weighted by molar-refractivity contribution is -0.108. The van der Waals surface area contributed by atoms with Gasteiger partial charge in [-0.05, 0) is 48.0 Å². The molecule has 0 aliphatic carbocycles. The summed E-state index contributed by atoms with van der Waals surface area (Å²) in [7, 11) is -1.63. The van der Waals surface area contributed by atoms with Crippen molar-refractivity contribution in [2.75, 3.05) is 18.5 Å². The highest BCUT2D eigenvalue weighted by Crippen LogP contribution is 2.36. The minimum atomic E-state index is -4.40. The Morgan fingerprint density at radius 1 is 1.06 bits per heavy atom. The molecule has 1 atom stereocenters. The van der Waals surface area contributed by atoms with Gasteiger partial charge in [0.1, 0.15) is 12.0 Å². The van der Waals surface area contributed by atoms with Crippen molar-refractivity contribution in [2.24, 2.45) is 5.73 Å². The molecule has 0 fully saturated rings. The standard InChI is InChI=1S/C23H21Cl2FN2O5S/c1-32-21-9-7-16(12-22(21)33-2)34(30,31)28(23(27)13-29)20-8-6-15(24)10-14(20)11-17-18(25)4-3-5-19(17)26/h3-10,12-13,23H,11,27H2,1-2H3. The highest BCUT2D eigenvalue weighted by atomic mass is 35.5. The molecule has 0 amide bonds. The van der Waals surface area contributed by atoms with Gasteiger partial charge < -0.3 is 15.2 Å². The Morgan fingerprint density at radius 2 is 1.76 bits per heavy atom. The van der Waals surface area contributed by atoms with Crippen LogP contribution in [0.25, 0.3) is 0 Å². The third kappa shape index (κ3) is 5.12. The van der Waals surface area contributed by atoms with Gasteiger partial charge in [-0.15, -0.1) is 0 Å². The zero-order chi connectivity index (χ0) is 25.0. The second kappa shape index (κ2) is 10.6. The zero-order valence-electron chi connectivity index (χ0n) is 18.2. The van der Waals surface area contributed by atoms with Crippen molar-refractivity contribution in [3.63, 3.8) is 0 Å². The molecule has 11 heteroatoms. The van der Waals surface area contributed by atoms with Crippen molar-refractivity contribution in [3.8, 4) is 11.5 Å². The van der Waals surface area contributed by atoms with Gasteiger partial charge in [0.15, 0.2) is 17.8 Å². The summed E-state index contributed by atoms with van der Waals surface area (Å²) >= 11 is 12.3. The van der Waals surface area contributed by atoms with Crippen molar-refractivity contribution in [1.82, 2.24) is 0 Å². The van der Waals surface area contributed by atoms with E-state index >= 15 is 0 Å². The topological polar surface area (TPSA) is 98.9 Å². The lowest BCUT2D eigenvalue weighted by atomic mass is 10.0. The molecule has 3 rings (SSSR count). The minimum absolute atomic E-state index is 0.0399. The van der Waals surface area contributed by atoms with E-state index in [1.54, 1.807) is 0 Å². The van der Waals surface area contributed by atoms with Gasteiger partial charge in [-0.1, -0.05) is 29.3 Å². The molecule has 0 aliphatic heterocycles. The number of hydrogen-bond donors (Lipinski definition) is 1. The molecule has 0 spiro atoms. The fraction of sp³-hybridized carbons (Fsp3) is 0.174. The number of methoxy groups -OCH3 is 2. The molecule has 2 N–H and O–H groups in total. The predicted molar refractivity (Wildman–Crippen MR) is 129 cm³/mol. The minimum Gasteiger partial charge on any atom is -0.493 e. The maximum Gasteiger partial charge on any atom is 0.266 e. The maximum absolute atomic E-state index is 14.5. The third-order valence-corrected chi connectivity index (χ3v) is 7.43. The summed E-state index contributed by atoms with van der Waals surface area (Å²) in [5.41, 5.74) is 6.42. The molecule has 7 nitrogen and oxygen atoms in total. The number of rotatable bonds is 9. The van der Waals surface area contributed by atoms with Gasteiger partial charge in [-0.3, -0.25) is 4.79 Å². The predicted octanol–water partition coefficient (Wildman–Crippen LogP) is 4.42. The number of halogens is 3. The monoisotopic (exact) mass is 526 g/mol. The van der Waals surface area contributed by atoms with Crippen LogP contribution in [0.3, 0.4) is 0 Å². The van der Waals surface area contributed by atoms with Crippen LogP contribution < -0.4 is 19.5 Å². The number of carbonyl (C=O) groups excluding carboxylic acids is 1. The van der Waals surface area contributed by atoms with Crippen LogP contribution in [-0.4, -0.2) is 35.1 Å². The summed E-state index contributed by atoms with van der Waals surface area (Å²) in [5.74, 6) is -0.0980. The first-order valence-corrected chi connectivity index (χ1v) is 12.0. The molecule has 34 heavy (non-hydrogen) atoms. The van der Waals surface area contributed by atoms with Crippen molar-refractivity contribution >= 4 is 45.2 Å². The SMILES string of the molecule is COc1ccc(S(=O)(=O)N(c2ccc(Cl)cc2Cc2c(F)cccc2Cl)C(N)C=O)cc1OC. The smallest absolute Gasteiger partial charge is 0.266 e. The molecule has 1 unspecified atom stereocenters. The third-order valence-electron chi connectivity index (χ3n) is 5.03. The molecule has 0 radical (unpaired) electrons. The van der Waals surface area contributed by atoms with E-state index in [4.69, 9.17) is 38.4 Å². The Hall–Kier alpha value is -2.85. The zero-order valence-corrected chi connectivity index (χ0v) is 20.5. The van der Waals surface area contributed by atoms with Gasteiger partial charge in [0.25, 0.3) is 10.0 Å². The van der Waals surface area contributed by atoms with Gasteiger partial charge in [-0.2, -0.15) is 0 Å². The Morgan fingerprint density at radius 3 is 2.38 bits per heavy atom. The van der Waals surface area contributed by atoms with E-state index in [0.29, 0.717) is 11.3 Å². The Balaban J connectivity index is 2.20. The van der Waals surface area contributed by atoms with E-state index in [1.165, 1.54) is 68.8 Å². The molecule has 0 aromatic heterocycles. The number of sulfonamides is 1. The van der Waals surface area contributed by atoms with E-state index in [-0.39, 0.29) is 44.6 Å². The second-order valence-corrected chi connectivity index (χ2v) is 9.75. The maximum atomic E-state index is 14.5. The number of benzene rings is 3. The molecule has 3 aromatic carbocycles. The number of hydrogen-bond acceptors (Lipinski definition) is 6. The van der Waals surface area contributed by atoms with Crippen molar-refractivity contribution in [2.45, 2.75) is 17.5 Å². The van der Waals surface area contributed by atoms with Gasteiger partial charge in [0.2, 0.25) is 0 Å². The molecule has 0 aliphatic rings. The summed E-state index contributed by atoms with van der Waals surface area (Å²) in [6.07, 6.45) is -1.41. The average Bonchev–Trinajstić information content (AvgIpc) is 2.82. The molecular formula is C23H21Cl2FN2O5S. The summed E-state index contributed by atoms with van der Waals surface area (Å²) in [6, 6.07) is 12.5. The van der Waals surface area contributed by atoms with Crippen molar-refractivity contribution in [1.29, 1.82) is 0 Å². The highest BCUT2D eigenvalue weighted by Gasteiger charge is 2.32. The first-order valence-electron chi connectivity index (χ1n) is 9.82. The fourth-order valence-electron chi connectivity index (χ4n) is 3.40. The van der Waals surface area contributed by atoms with Crippen LogP contribution in [0.4, 0.5) is 10.1 Å². The quantitative estimate of drug-likeness (QED) is 0.327. The average molecular weight is 527 g/mol. The van der Waals surface area contributed by atoms with Crippen LogP contribution in [0.1, 0.15) is 11.1 Å². The van der Waals surface area contributed by atoms with Crippen LogP contribution >= 0.6 is 23.2 Å². The first kappa shape index (κ1) is 25.8. The Kier molecular flexibility index (Phi) is 8.04. The van der Waals surface area contributed by atoms with Gasteiger partial charge in [0, 0.05) is 28.1 Å². The normalized spacial score (nSPS) is 12.2. The molecule has 0 saturated heterocycles. The number of ether oxygens (including phenoxy) is 2. The number of carbonyl (C=O) groups is 1. The van der Waals surface area contributed by atoms with Gasteiger partial charge >= 0.3 is 0 Å². The fourth-order valence-corrected chi connectivity index (χ4v) is 5.35. The summed E-state index contributed by atoms with van der Waals surface area (Å²) in [5, 5.41) is 0.425. The summed E-state index contributed by atoms with van der Waals surface area (Å²) in [4.78, 5) is 11.5. The van der Waals surface area contributed by atoms with E-state index in [2.05, 4.69) is 0 Å².